The van der Waals surface area contributed by atoms with Crippen molar-refractivity contribution in [3.05, 3.63) is 36.4 Å². The molecule has 0 radical (unpaired) electrons. The Morgan fingerprint density at radius 3 is 2.62 bits per heavy atom. The lowest BCUT2D eigenvalue weighted by atomic mass is 10.2. The highest BCUT2D eigenvalue weighted by atomic mass is 19.4. The van der Waals surface area contributed by atoms with Gasteiger partial charge in [-0.1, -0.05) is 25.1 Å². The number of halogens is 3. The Bertz CT molecular complexity index is 643. The lowest BCUT2D eigenvalue weighted by Gasteiger charge is -2.23. The van der Waals surface area contributed by atoms with Crippen LogP contribution in [0.25, 0.3) is 10.9 Å². The number of alkyl halides is 3. The van der Waals surface area contributed by atoms with Crippen LogP contribution in [0.2, 0.25) is 0 Å². The lowest BCUT2D eigenvalue weighted by molar-refractivity contribution is -0.125. The number of hydrogen-bond donors (Lipinski definition) is 0. The van der Waals surface area contributed by atoms with Crippen molar-refractivity contribution in [1.29, 1.82) is 0 Å². The van der Waals surface area contributed by atoms with E-state index >= 15 is 0 Å². The molecule has 0 unspecified atom stereocenters. The second-order valence-corrected chi connectivity index (χ2v) is 4.28. The first kappa shape index (κ1) is 15.1. The minimum atomic E-state index is -4.90. The van der Waals surface area contributed by atoms with Crippen molar-refractivity contribution in [2.24, 2.45) is 0 Å². The lowest BCUT2D eigenvalue weighted by Crippen LogP contribution is -2.44. The van der Waals surface area contributed by atoms with Crippen LogP contribution in [0.3, 0.4) is 0 Å². The molecule has 21 heavy (non-hydrogen) atoms. The number of benzene rings is 1. The van der Waals surface area contributed by atoms with E-state index in [1.165, 1.54) is 6.07 Å². The maximum absolute atomic E-state index is 13.1. The highest BCUT2D eigenvalue weighted by Crippen LogP contribution is 2.29. The first-order chi connectivity index (χ1) is 9.93. The first-order valence-corrected chi connectivity index (χ1v) is 6.33. The van der Waals surface area contributed by atoms with Gasteiger partial charge in [0.1, 0.15) is 5.82 Å². The number of fused-ring (bicyclic) bond motifs is 1. The molecule has 4 nitrogen and oxygen atoms in total. The van der Waals surface area contributed by atoms with Crippen LogP contribution in [-0.2, 0) is 4.74 Å². The molecule has 1 aromatic heterocycles. The zero-order chi connectivity index (χ0) is 15.5. The van der Waals surface area contributed by atoms with Crippen LogP contribution in [0.1, 0.15) is 13.3 Å². The van der Waals surface area contributed by atoms with Gasteiger partial charge in [-0.15, -0.1) is 13.2 Å². The Labute approximate surface area is 119 Å². The minimum absolute atomic E-state index is 0.0843. The van der Waals surface area contributed by atoms with E-state index < -0.39 is 23.1 Å². The monoisotopic (exact) mass is 298 g/mol. The number of carbonyl (C=O) groups is 1. The van der Waals surface area contributed by atoms with Crippen LogP contribution in [0.15, 0.2) is 36.4 Å². The average molecular weight is 298 g/mol. The molecule has 2 rings (SSSR count). The number of ether oxygens (including phenoxy) is 1. The molecule has 1 amide bonds. The van der Waals surface area contributed by atoms with E-state index in [1.54, 1.807) is 31.2 Å². The van der Waals surface area contributed by atoms with E-state index in [2.05, 4.69) is 9.72 Å². The Kier molecular flexibility index (Phi) is 4.30. The Morgan fingerprint density at radius 2 is 1.95 bits per heavy atom. The number of anilines is 1. The zero-order valence-electron chi connectivity index (χ0n) is 11.2. The topological polar surface area (TPSA) is 42.4 Å². The van der Waals surface area contributed by atoms with Gasteiger partial charge in [0.25, 0.3) is 0 Å². The van der Waals surface area contributed by atoms with Gasteiger partial charge < -0.3 is 4.74 Å². The molecular formula is C14H13F3N2O2. The quantitative estimate of drug-likeness (QED) is 0.801. The predicted molar refractivity (Wildman–Crippen MR) is 71.9 cm³/mol. The average Bonchev–Trinajstić information content (AvgIpc) is 2.43. The van der Waals surface area contributed by atoms with E-state index in [1.807, 2.05) is 0 Å². The van der Waals surface area contributed by atoms with E-state index in [-0.39, 0.29) is 6.61 Å². The van der Waals surface area contributed by atoms with Gasteiger partial charge in [-0.25, -0.2) is 9.78 Å². The summed E-state index contributed by atoms with van der Waals surface area (Å²) < 4.78 is 43.8. The van der Waals surface area contributed by atoms with Gasteiger partial charge in [0.2, 0.25) is 0 Å². The normalized spacial score (nSPS) is 11.4. The molecule has 7 heteroatoms. The molecule has 0 N–H and O–H groups in total. The van der Waals surface area contributed by atoms with Gasteiger partial charge in [0, 0.05) is 5.39 Å². The molecule has 0 aliphatic carbocycles. The van der Waals surface area contributed by atoms with E-state index in [0.29, 0.717) is 17.3 Å². The Balaban J connectivity index is 2.41. The number of carbonyl (C=O) groups excluding carboxylic acids is 1. The van der Waals surface area contributed by atoms with Crippen molar-refractivity contribution in [3.63, 3.8) is 0 Å². The van der Waals surface area contributed by atoms with Crippen LogP contribution < -0.4 is 4.90 Å². The molecule has 1 aromatic carbocycles. The fourth-order valence-electron chi connectivity index (χ4n) is 1.76. The van der Waals surface area contributed by atoms with Crippen LogP contribution in [0.5, 0.6) is 0 Å². The van der Waals surface area contributed by atoms with E-state index in [9.17, 15) is 18.0 Å². The third kappa shape index (κ3) is 3.42. The number of hydrogen-bond acceptors (Lipinski definition) is 3. The molecule has 2 aromatic rings. The van der Waals surface area contributed by atoms with Crippen LogP contribution >= 0.6 is 0 Å². The zero-order valence-corrected chi connectivity index (χ0v) is 11.2. The molecule has 0 fully saturated rings. The molecule has 0 aliphatic heterocycles. The second-order valence-electron chi connectivity index (χ2n) is 4.28. The van der Waals surface area contributed by atoms with Crippen molar-refractivity contribution >= 4 is 22.8 Å². The molecule has 0 atom stereocenters. The second kappa shape index (κ2) is 5.99. The van der Waals surface area contributed by atoms with Crippen LogP contribution in [0, 0.1) is 0 Å². The summed E-state index contributed by atoms with van der Waals surface area (Å²) in [4.78, 5) is 15.1. The summed E-state index contributed by atoms with van der Waals surface area (Å²) in [5.41, 5.74) is 0.368. The standard InChI is InChI=1S/C14H13F3N2O2/c1-2-9-21-13(20)19(14(15,16)17)12-8-7-10-5-3-4-6-11(10)18-12/h3-8H,2,9H2,1H3. The predicted octanol–water partition coefficient (Wildman–Crippen LogP) is 4.11. The number of amides is 1. The maximum atomic E-state index is 13.1. The smallest absolute Gasteiger partial charge is 0.449 e. The first-order valence-electron chi connectivity index (χ1n) is 6.33. The minimum Gasteiger partial charge on any atom is -0.449 e. The van der Waals surface area contributed by atoms with Gasteiger partial charge in [0.15, 0.2) is 0 Å². The van der Waals surface area contributed by atoms with Gasteiger partial charge in [-0.2, -0.15) is 4.90 Å². The highest BCUT2D eigenvalue weighted by Gasteiger charge is 2.44. The number of pyridine rings is 1. The van der Waals surface area contributed by atoms with Crippen molar-refractivity contribution in [1.82, 2.24) is 4.98 Å². The summed E-state index contributed by atoms with van der Waals surface area (Å²) in [5.74, 6) is -0.512. The molecular weight excluding hydrogens is 285 g/mol. The highest BCUT2D eigenvalue weighted by molar-refractivity contribution is 5.89. The summed E-state index contributed by atoms with van der Waals surface area (Å²) in [5, 5.41) is 0.685. The van der Waals surface area contributed by atoms with Gasteiger partial charge in [-0.05, 0) is 24.6 Å². The van der Waals surface area contributed by atoms with Crippen molar-refractivity contribution < 1.29 is 22.7 Å². The van der Waals surface area contributed by atoms with Gasteiger partial charge in [0.05, 0.1) is 12.1 Å². The van der Waals surface area contributed by atoms with Gasteiger partial charge >= 0.3 is 12.4 Å². The number of para-hydroxylation sites is 1. The van der Waals surface area contributed by atoms with Gasteiger partial charge in [-0.3, -0.25) is 0 Å². The van der Waals surface area contributed by atoms with E-state index in [4.69, 9.17) is 0 Å². The molecule has 0 saturated carbocycles. The third-order valence-electron chi connectivity index (χ3n) is 2.68. The summed E-state index contributed by atoms with van der Waals surface area (Å²) in [6, 6.07) is 9.32. The molecule has 0 aliphatic rings. The van der Waals surface area contributed by atoms with Crippen LogP contribution in [-0.4, -0.2) is 24.0 Å². The summed E-state index contributed by atoms with van der Waals surface area (Å²) >= 11 is 0. The third-order valence-corrected chi connectivity index (χ3v) is 2.68. The number of nitrogens with zero attached hydrogens (tertiary/aromatic N) is 2. The van der Waals surface area contributed by atoms with Crippen LogP contribution in [0.4, 0.5) is 23.8 Å². The summed E-state index contributed by atoms with van der Waals surface area (Å²) in [6.07, 6.45) is -5.95. The molecule has 0 bridgehead atoms. The van der Waals surface area contributed by atoms with Crippen molar-refractivity contribution in [2.45, 2.75) is 19.6 Å². The van der Waals surface area contributed by atoms with Crippen molar-refractivity contribution in [2.75, 3.05) is 11.5 Å². The molecule has 0 spiro atoms. The largest absolute Gasteiger partial charge is 0.495 e. The fraction of sp³-hybridized carbons (Fsp3) is 0.286. The Morgan fingerprint density at radius 1 is 1.24 bits per heavy atom. The fourth-order valence-corrected chi connectivity index (χ4v) is 1.76. The Hall–Kier alpha value is -2.31. The molecule has 1 heterocycles. The summed E-state index contributed by atoms with van der Waals surface area (Å²) in [7, 11) is 0. The molecule has 112 valence electrons. The maximum Gasteiger partial charge on any atom is 0.495 e. The molecule has 0 saturated heterocycles. The van der Waals surface area contributed by atoms with Crippen molar-refractivity contribution in [3.8, 4) is 0 Å². The SMILES string of the molecule is CCCOC(=O)N(c1ccc2ccccc2n1)C(F)(F)F. The number of aromatic nitrogens is 1. The van der Waals surface area contributed by atoms with E-state index in [0.717, 1.165) is 6.07 Å². The number of rotatable bonds is 3. The summed E-state index contributed by atoms with van der Waals surface area (Å²) in [6.45, 7) is 1.61.